The van der Waals surface area contributed by atoms with E-state index in [9.17, 15) is 9.90 Å². The summed E-state index contributed by atoms with van der Waals surface area (Å²) in [7, 11) is 0. The van der Waals surface area contributed by atoms with E-state index in [2.05, 4.69) is 0 Å². The molecule has 0 amide bonds. The van der Waals surface area contributed by atoms with Crippen LogP contribution in [0.4, 0.5) is 0 Å². The minimum absolute atomic E-state index is 0.00500. The molecule has 0 fully saturated rings. The van der Waals surface area contributed by atoms with Gasteiger partial charge in [-0.15, -0.1) is 0 Å². The largest absolute Gasteiger partial charge is 0.504 e. The van der Waals surface area contributed by atoms with Crippen molar-refractivity contribution >= 4 is 11.0 Å². The third-order valence-corrected chi connectivity index (χ3v) is 1.91. The fourth-order valence-electron chi connectivity index (χ4n) is 1.23. The highest BCUT2D eigenvalue weighted by Gasteiger charge is 2.04. The van der Waals surface area contributed by atoms with Crippen LogP contribution in [0, 0.1) is 6.92 Å². The van der Waals surface area contributed by atoms with Crippen molar-refractivity contribution in [1.82, 2.24) is 0 Å². The molecular weight excluding hydrogens is 168 g/mol. The number of fused-ring (bicyclic) bond motifs is 1. The van der Waals surface area contributed by atoms with Crippen LogP contribution in [0.5, 0.6) is 5.75 Å². The summed E-state index contributed by atoms with van der Waals surface area (Å²) in [6.45, 7) is 1.68. The molecule has 0 saturated heterocycles. The summed E-state index contributed by atoms with van der Waals surface area (Å²) in [5, 5.41) is 10.1. The Labute approximate surface area is 74.2 Å². The van der Waals surface area contributed by atoms with Crippen molar-refractivity contribution in [1.29, 1.82) is 0 Å². The molecule has 0 unspecified atom stereocenters. The summed E-state index contributed by atoms with van der Waals surface area (Å²) >= 11 is 0. The molecule has 3 nitrogen and oxygen atoms in total. The normalized spacial score (nSPS) is 10.5. The van der Waals surface area contributed by atoms with Crippen LogP contribution in [0.3, 0.4) is 0 Å². The highest BCUT2D eigenvalue weighted by molar-refractivity contribution is 5.82. The van der Waals surface area contributed by atoms with Gasteiger partial charge in [0.1, 0.15) is 0 Å². The molecule has 0 aliphatic carbocycles. The molecule has 1 aromatic heterocycles. The maximum Gasteiger partial charge on any atom is 0.339 e. The average molecular weight is 176 g/mol. The Balaban J connectivity index is 2.97. The van der Waals surface area contributed by atoms with Crippen LogP contribution >= 0.6 is 0 Å². The second-order valence-electron chi connectivity index (χ2n) is 2.91. The Morgan fingerprint density at radius 1 is 1.38 bits per heavy atom. The lowest BCUT2D eigenvalue weighted by atomic mass is 10.2. The number of phenolic OH excluding ortho intramolecular Hbond substituents is 1. The highest BCUT2D eigenvalue weighted by Crippen LogP contribution is 2.22. The smallest absolute Gasteiger partial charge is 0.339 e. The van der Waals surface area contributed by atoms with Crippen LogP contribution in [-0.4, -0.2) is 5.11 Å². The fraction of sp³-hybridized carbons (Fsp3) is 0.100. The molecule has 0 aliphatic heterocycles. The van der Waals surface area contributed by atoms with Crippen molar-refractivity contribution in [3.8, 4) is 5.75 Å². The van der Waals surface area contributed by atoms with Crippen molar-refractivity contribution in [2.75, 3.05) is 0 Å². The molecule has 13 heavy (non-hydrogen) atoms. The lowest BCUT2D eigenvalue weighted by Gasteiger charge is -1.98. The summed E-state index contributed by atoms with van der Waals surface area (Å²) in [6.07, 6.45) is 0. The average Bonchev–Trinajstić information content (AvgIpc) is 2.09. The third-order valence-electron chi connectivity index (χ3n) is 1.91. The first-order valence-electron chi connectivity index (χ1n) is 3.91. The van der Waals surface area contributed by atoms with Gasteiger partial charge in [-0.05, 0) is 19.1 Å². The standard InChI is InChI=1S/C10H8O3/c1-6-5-7-3-2-4-8(11)9(7)13-10(6)12/h2-5,11H,1H3. The van der Waals surface area contributed by atoms with Crippen LogP contribution < -0.4 is 5.63 Å². The fourth-order valence-corrected chi connectivity index (χ4v) is 1.23. The Morgan fingerprint density at radius 2 is 2.15 bits per heavy atom. The molecule has 0 atom stereocenters. The number of phenols is 1. The quantitative estimate of drug-likeness (QED) is 0.623. The van der Waals surface area contributed by atoms with E-state index in [1.165, 1.54) is 6.07 Å². The molecule has 0 saturated carbocycles. The van der Waals surface area contributed by atoms with Gasteiger partial charge in [-0.1, -0.05) is 12.1 Å². The van der Waals surface area contributed by atoms with Gasteiger partial charge >= 0.3 is 5.63 Å². The molecule has 0 spiro atoms. The molecule has 1 heterocycles. The third kappa shape index (κ3) is 1.18. The van der Waals surface area contributed by atoms with E-state index >= 15 is 0 Å². The number of aromatic hydroxyl groups is 1. The van der Waals surface area contributed by atoms with Gasteiger partial charge in [-0.25, -0.2) is 4.79 Å². The van der Waals surface area contributed by atoms with Crippen LogP contribution in [0.15, 0.2) is 33.5 Å². The second kappa shape index (κ2) is 2.62. The van der Waals surface area contributed by atoms with Gasteiger partial charge in [-0.2, -0.15) is 0 Å². The number of para-hydroxylation sites is 1. The molecular formula is C10H8O3. The molecule has 0 aliphatic rings. The SMILES string of the molecule is Cc1cc2cccc(O)c2oc1=O. The number of benzene rings is 1. The van der Waals surface area contributed by atoms with Crippen molar-refractivity contribution in [3.63, 3.8) is 0 Å². The van der Waals surface area contributed by atoms with Gasteiger partial charge in [0.05, 0.1) is 0 Å². The zero-order valence-electron chi connectivity index (χ0n) is 7.07. The molecule has 66 valence electrons. The predicted octanol–water partition coefficient (Wildman–Crippen LogP) is 1.81. The lowest BCUT2D eigenvalue weighted by Crippen LogP contribution is -2.01. The van der Waals surface area contributed by atoms with Crippen LogP contribution in [0.25, 0.3) is 11.0 Å². The number of hydrogen-bond donors (Lipinski definition) is 1. The van der Waals surface area contributed by atoms with Gasteiger partial charge in [0.15, 0.2) is 11.3 Å². The monoisotopic (exact) mass is 176 g/mol. The van der Waals surface area contributed by atoms with Crippen molar-refractivity contribution in [3.05, 3.63) is 40.2 Å². The van der Waals surface area contributed by atoms with Crippen LogP contribution in [-0.2, 0) is 0 Å². The van der Waals surface area contributed by atoms with Gasteiger partial charge in [0.2, 0.25) is 0 Å². The maximum absolute atomic E-state index is 11.1. The van der Waals surface area contributed by atoms with E-state index in [1.807, 2.05) is 0 Å². The van der Waals surface area contributed by atoms with Crippen molar-refractivity contribution in [2.45, 2.75) is 6.92 Å². The summed E-state index contributed by atoms with van der Waals surface area (Å²) in [6, 6.07) is 6.67. The second-order valence-corrected chi connectivity index (χ2v) is 2.91. The van der Waals surface area contributed by atoms with Crippen molar-refractivity contribution < 1.29 is 9.52 Å². The zero-order valence-corrected chi connectivity index (χ0v) is 7.07. The topological polar surface area (TPSA) is 50.4 Å². The van der Waals surface area contributed by atoms with Gasteiger partial charge < -0.3 is 9.52 Å². The molecule has 1 aromatic carbocycles. The van der Waals surface area contributed by atoms with E-state index in [-0.39, 0.29) is 11.3 Å². The predicted molar refractivity (Wildman–Crippen MR) is 48.9 cm³/mol. The molecule has 3 heteroatoms. The molecule has 2 rings (SSSR count). The molecule has 0 radical (unpaired) electrons. The Morgan fingerprint density at radius 3 is 2.92 bits per heavy atom. The van der Waals surface area contributed by atoms with E-state index < -0.39 is 5.63 Å². The van der Waals surface area contributed by atoms with Gasteiger partial charge in [-0.3, -0.25) is 0 Å². The maximum atomic E-state index is 11.1. The zero-order chi connectivity index (χ0) is 9.42. The van der Waals surface area contributed by atoms with Crippen LogP contribution in [0.1, 0.15) is 5.56 Å². The Hall–Kier alpha value is -1.77. The van der Waals surface area contributed by atoms with Gasteiger partial charge in [0.25, 0.3) is 0 Å². The summed E-state index contributed by atoms with van der Waals surface area (Å²) in [4.78, 5) is 11.1. The minimum Gasteiger partial charge on any atom is -0.504 e. The van der Waals surface area contributed by atoms with E-state index in [4.69, 9.17) is 4.42 Å². The number of aryl methyl sites for hydroxylation is 1. The summed E-state index contributed by atoms with van der Waals surface area (Å²) in [5.41, 5.74) is 0.380. The lowest BCUT2D eigenvalue weighted by molar-refractivity contribution is 0.456. The van der Waals surface area contributed by atoms with Crippen LogP contribution in [0.2, 0.25) is 0 Å². The molecule has 0 bridgehead atoms. The Kier molecular flexibility index (Phi) is 1.59. The first-order chi connectivity index (χ1) is 6.18. The van der Waals surface area contributed by atoms with Gasteiger partial charge in [0, 0.05) is 10.9 Å². The number of rotatable bonds is 0. The van der Waals surface area contributed by atoms with E-state index in [1.54, 1.807) is 25.1 Å². The first kappa shape index (κ1) is 7.86. The van der Waals surface area contributed by atoms with Crippen molar-refractivity contribution in [2.24, 2.45) is 0 Å². The first-order valence-corrected chi connectivity index (χ1v) is 3.91. The highest BCUT2D eigenvalue weighted by atomic mass is 16.4. The minimum atomic E-state index is -0.408. The summed E-state index contributed by atoms with van der Waals surface area (Å²) in [5.74, 6) is -0.00500. The van der Waals surface area contributed by atoms with E-state index in [0.29, 0.717) is 5.56 Å². The van der Waals surface area contributed by atoms with E-state index in [0.717, 1.165) is 5.39 Å². The number of hydrogen-bond acceptors (Lipinski definition) is 3. The summed E-state index contributed by atoms with van der Waals surface area (Å²) < 4.78 is 4.92. The Bertz CT molecular complexity index is 511. The molecule has 1 N–H and O–H groups in total. The molecule has 2 aromatic rings.